The zero-order valence-electron chi connectivity index (χ0n) is 16.1. The van der Waals surface area contributed by atoms with Crippen LogP contribution in [0.15, 0.2) is 40.3 Å². The summed E-state index contributed by atoms with van der Waals surface area (Å²) >= 11 is 0. The van der Waals surface area contributed by atoms with Gasteiger partial charge in [-0.3, -0.25) is 10.1 Å². The minimum atomic E-state index is -0.727. The van der Waals surface area contributed by atoms with E-state index in [1.807, 2.05) is 4.90 Å². The van der Waals surface area contributed by atoms with Crippen molar-refractivity contribution in [1.29, 1.82) is 5.26 Å². The number of nitriles is 1. The van der Waals surface area contributed by atoms with Crippen molar-refractivity contribution in [3.05, 3.63) is 51.8 Å². The first-order valence-electron chi connectivity index (χ1n) is 9.46. The second-order valence-corrected chi connectivity index (χ2v) is 6.60. The number of furan rings is 1. The molecular formula is C21H21N3O5. The molecule has 1 aliphatic rings. The van der Waals surface area contributed by atoms with Crippen LogP contribution < -0.4 is 4.90 Å². The predicted molar refractivity (Wildman–Crippen MR) is 107 cm³/mol. The van der Waals surface area contributed by atoms with Gasteiger partial charge in [0.15, 0.2) is 0 Å². The summed E-state index contributed by atoms with van der Waals surface area (Å²) in [5.41, 5.74) is 1.01. The lowest BCUT2D eigenvalue weighted by atomic mass is 10.1. The van der Waals surface area contributed by atoms with Gasteiger partial charge in [0.25, 0.3) is 5.69 Å². The summed E-state index contributed by atoms with van der Waals surface area (Å²) in [6.07, 6.45) is 4.47. The molecule has 0 bridgehead atoms. The SMILES string of the molecule is CCOC(=O)/C(C#N)=C/c1ccc(-c2ccc(N3CCCCC3)c([N+](=O)[O-])c2)o1. The lowest BCUT2D eigenvalue weighted by molar-refractivity contribution is -0.384. The molecule has 0 N–H and O–H groups in total. The molecule has 0 saturated carbocycles. The van der Waals surface area contributed by atoms with E-state index in [0.717, 1.165) is 32.4 Å². The number of nitro benzene ring substituents is 1. The van der Waals surface area contributed by atoms with Crippen LogP contribution >= 0.6 is 0 Å². The van der Waals surface area contributed by atoms with Crippen LogP contribution in [0.3, 0.4) is 0 Å². The van der Waals surface area contributed by atoms with Crippen LogP contribution in [0.25, 0.3) is 17.4 Å². The van der Waals surface area contributed by atoms with Gasteiger partial charge in [-0.25, -0.2) is 4.79 Å². The molecule has 3 rings (SSSR count). The molecule has 1 aromatic heterocycles. The van der Waals surface area contributed by atoms with E-state index >= 15 is 0 Å². The van der Waals surface area contributed by atoms with E-state index < -0.39 is 5.97 Å². The number of ether oxygens (including phenoxy) is 1. The first-order valence-corrected chi connectivity index (χ1v) is 9.46. The van der Waals surface area contributed by atoms with E-state index in [4.69, 9.17) is 14.4 Å². The molecule has 150 valence electrons. The van der Waals surface area contributed by atoms with Crippen molar-refractivity contribution in [2.45, 2.75) is 26.2 Å². The van der Waals surface area contributed by atoms with Crippen molar-refractivity contribution in [2.24, 2.45) is 0 Å². The van der Waals surface area contributed by atoms with Crippen LogP contribution in [0.4, 0.5) is 11.4 Å². The summed E-state index contributed by atoms with van der Waals surface area (Å²) in [5.74, 6) is -0.0347. The lowest BCUT2D eigenvalue weighted by Gasteiger charge is -2.28. The van der Waals surface area contributed by atoms with Crippen molar-refractivity contribution in [2.75, 3.05) is 24.6 Å². The Kier molecular flexibility index (Phi) is 6.29. The number of anilines is 1. The molecule has 0 radical (unpaired) electrons. The Morgan fingerprint density at radius 2 is 2.07 bits per heavy atom. The van der Waals surface area contributed by atoms with Gasteiger partial charge in [-0.15, -0.1) is 0 Å². The molecule has 1 saturated heterocycles. The molecule has 8 nitrogen and oxygen atoms in total. The maximum Gasteiger partial charge on any atom is 0.349 e. The van der Waals surface area contributed by atoms with Crippen LogP contribution in [0.2, 0.25) is 0 Å². The molecule has 8 heteroatoms. The summed E-state index contributed by atoms with van der Waals surface area (Å²) in [5, 5.41) is 20.7. The average molecular weight is 395 g/mol. The van der Waals surface area contributed by atoms with Gasteiger partial charge in [0.2, 0.25) is 0 Å². The Morgan fingerprint density at radius 1 is 1.31 bits per heavy atom. The molecule has 0 amide bonds. The maximum absolute atomic E-state index is 11.7. The Bertz CT molecular complexity index is 980. The normalized spacial score (nSPS) is 14.3. The lowest BCUT2D eigenvalue weighted by Crippen LogP contribution is -2.29. The minimum absolute atomic E-state index is 0.0297. The molecule has 1 aromatic carbocycles. The second-order valence-electron chi connectivity index (χ2n) is 6.60. The third kappa shape index (κ3) is 4.63. The standard InChI is InChI=1S/C21H21N3O5/c1-2-28-21(25)16(14-22)12-17-7-9-20(29-17)15-6-8-18(19(13-15)24(26)27)23-10-4-3-5-11-23/h6-9,12-13H,2-5,10-11H2,1H3/b16-12+. The van der Waals surface area contributed by atoms with E-state index in [2.05, 4.69) is 0 Å². The Morgan fingerprint density at radius 3 is 2.72 bits per heavy atom. The highest BCUT2D eigenvalue weighted by Gasteiger charge is 2.22. The number of carbonyl (C=O) groups excluding carboxylic acids is 1. The van der Waals surface area contributed by atoms with Crippen LogP contribution in [0.5, 0.6) is 0 Å². The molecule has 2 aromatic rings. The van der Waals surface area contributed by atoms with Crippen molar-refractivity contribution < 1.29 is 18.9 Å². The number of carbonyl (C=O) groups is 1. The third-order valence-corrected chi connectivity index (χ3v) is 4.68. The van der Waals surface area contributed by atoms with E-state index in [-0.39, 0.29) is 28.6 Å². The van der Waals surface area contributed by atoms with E-state index in [0.29, 0.717) is 17.0 Å². The first-order chi connectivity index (χ1) is 14.0. The number of hydrogen-bond donors (Lipinski definition) is 0. The number of nitro groups is 1. The smallest absolute Gasteiger partial charge is 0.349 e. The molecule has 1 aliphatic heterocycles. The summed E-state index contributed by atoms with van der Waals surface area (Å²) in [7, 11) is 0. The van der Waals surface area contributed by atoms with E-state index in [1.54, 1.807) is 37.3 Å². The molecular weight excluding hydrogens is 374 g/mol. The number of benzene rings is 1. The van der Waals surface area contributed by atoms with Crippen molar-refractivity contribution >= 4 is 23.4 Å². The molecule has 0 aliphatic carbocycles. The Labute approximate surface area is 168 Å². The number of rotatable bonds is 6. The minimum Gasteiger partial charge on any atom is -0.462 e. The summed E-state index contributed by atoms with van der Waals surface area (Å²) in [6.45, 7) is 3.42. The summed E-state index contributed by atoms with van der Waals surface area (Å²) < 4.78 is 10.5. The quantitative estimate of drug-likeness (QED) is 0.235. The van der Waals surface area contributed by atoms with Crippen molar-refractivity contribution in [3.8, 4) is 17.4 Å². The van der Waals surface area contributed by atoms with Crippen LogP contribution in [-0.4, -0.2) is 30.6 Å². The van der Waals surface area contributed by atoms with Gasteiger partial charge in [-0.2, -0.15) is 5.26 Å². The van der Waals surface area contributed by atoms with E-state index in [1.165, 1.54) is 12.1 Å². The van der Waals surface area contributed by atoms with Gasteiger partial charge in [-0.05, 0) is 50.5 Å². The highest BCUT2D eigenvalue weighted by molar-refractivity contribution is 5.97. The zero-order chi connectivity index (χ0) is 20.8. The van der Waals surface area contributed by atoms with E-state index in [9.17, 15) is 14.9 Å². The predicted octanol–water partition coefficient (Wildman–Crippen LogP) is 4.32. The fourth-order valence-corrected chi connectivity index (χ4v) is 3.30. The highest BCUT2D eigenvalue weighted by atomic mass is 16.6. The Balaban J connectivity index is 1.90. The molecule has 1 fully saturated rings. The molecule has 2 heterocycles. The van der Waals surface area contributed by atoms with Gasteiger partial charge < -0.3 is 14.1 Å². The van der Waals surface area contributed by atoms with Crippen molar-refractivity contribution in [1.82, 2.24) is 0 Å². The largest absolute Gasteiger partial charge is 0.462 e. The zero-order valence-corrected chi connectivity index (χ0v) is 16.1. The highest BCUT2D eigenvalue weighted by Crippen LogP contribution is 2.35. The summed E-state index contributed by atoms with van der Waals surface area (Å²) in [4.78, 5) is 25.0. The van der Waals surface area contributed by atoms with Crippen LogP contribution in [0.1, 0.15) is 31.9 Å². The van der Waals surface area contributed by atoms with Gasteiger partial charge >= 0.3 is 5.97 Å². The average Bonchev–Trinajstić information content (AvgIpc) is 3.21. The van der Waals surface area contributed by atoms with Crippen molar-refractivity contribution in [3.63, 3.8) is 0 Å². The molecule has 0 spiro atoms. The summed E-state index contributed by atoms with van der Waals surface area (Å²) in [6, 6.07) is 10.0. The van der Waals surface area contributed by atoms with Gasteiger partial charge in [-0.1, -0.05) is 0 Å². The molecule has 0 atom stereocenters. The Hall–Kier alpha value is -3.60. The topological polar surface area (TPSA) is 110 Å². The monoisotopic (exact) mass is 395 g/mol. The number of esters is 1. The van der Waals surface area contributed by atoms with Gasteiger partial charge in [0.05, 0.1) is 11.5 Å². The maximum atomic E-state index is 11.7. The van der Waals surface area contributed by atoms with Crippen LogP contribution in [0, 0.1) is 21.4 Å². The molecule has 0 unspecified atom stereocenters. The fourth-order valence-electron chi connectivity index (χ4n) is 3.30. The number of hydrogen-bond acceptors (Lipinski definition) is 7. The van der Waals surface area contributed by atoms with Crippen LogP contribution in [-0.2, 0) is 9.53 Å². The third-order valence-electron chi connectivity index (χ3n) is 4.68. The van der Waals surface area contributed by atoms with Gasteiger partial charge in [0, 0.05) is 30.8 Å². The number of nitrogens with zero attached hydrogens (tertiary/aromatic N) is 3. The van der Waals surface area contributed by atoms with Gasteiger partial charge in [0.1, 0.15) is 28.9 Å². The molecule has 29 heavy (non-hydrogen) atoms. The second kappa shape index (κ2) is 9.06. The fraction of sp³-hybridized carbons (Fsp3) is 0.333. The first kappa shape index (κ1) is 20.1. The number of piperidine rings is 1.